The number of hydrogen-bond donors (Lipinski definition) is 1. The number of thiocarbonyl (C=S) groups is 1. The van der Waals surface area contributed by atoms with Crippen LogP contribution >= 0.6 is 35.4 Å². The fraction of sp³-hybridized carbons (Fsp3) is 0.333. The van der Waals surface area contributed by atoms with E-state index in [1.54, 1.807) is 23.1 Å². The Morgan fingerprint density at radius 2 is 2.11 bits per heavy atom. The highest BCUT2D eigenvalue weighted by Crippen LogP contribution is 2.22. The fourth-order valence-corrected chi connectivity index (χ4v) is 2.19. The zero-order valence-electron chi connectivity index (χ0n) is 9.95. The molecule has 0 saturated carbocycles. The maximum atomic E-state index is 12.3. The van der Waals surface area contributed by atoms with Crippen LogP contribution in [-0.2, 0) is 0 Å². The number of carbonyl (C=O) groups excluding carboxylic acids is 1. The van der Waals surface area contributed by atoms with Crippen molar-refractivity contribution in [2.75, 3.05) is 13.1 Å². The van der Waals surface area contributed by atoms with Gasteiger partial charge in [0.2, 0.25) is 0 Å². The summed E-state index contributed by atoms with van der Waals surface area (Å²) < 4.78 is 0. The summed E-state index contributed by atoms with van der Waals surface area (Å²) in [6, 6.07) is 4.78. The minimum absolute atomic E-state index is 0.189. The SMILES string of the molecule is CCCN(CC(N)=S)C(=O)c1ccc(Cl)cc1Cl. The molecule has 0 bridgehead atoms. The second kappa shape index (κ2) is 6.92. The Balaban J connectivity index is 2.97. The predicted molar refractivity (Wildman–Crippen MR) is 79.4 cm³/mol. The number of rotatable bonds is 5. The van der Waals surface area contributed by atoms with Crippen molar-refractivity contribution in [1.29, 1.82) is 0 Å². The van der Waals surface area contributed by atoms with Crippen molar-refractivity contribution in [1.82, 2.24) is 4.90 Å². The van der Waals surface area contributed by atoms with Gasteiger partial charge in [-0.15, -0.1) is 0 Å². The van der Waals surface area contributed by atoms with Crippen molar-refractivity contribution in [3.05, 3.63) is 33.8 Å². The molecule has 0 aliphatic carbocycles. The molecule has 0 aliphatic rings. The Bertz CT molecular complexity index is 465. The average molecular weight is 305 g/mol. The van der Waals surface area contributed by atoms with Gasteiger partial charge in [0, 0.05) is 11.6 Å². The third-order valence-corrected chi connectivity index (χ3v) is 2.97. The summed E-state index contributed by atoms with van der Waals surface area (Å²) in [7, 11) is 0. The lowest BCUT2D eigenvalue weighted by atomic mass is 10.2. The molecule has 2 N–H and O–H groups in total. The van der Waals surface area contributed by atoms with E-state index in [2.05, 4.69) is 0 Å². The summed E-state index contributed by atoms with van der Waals surface area (Å²) in [6.45, 7) is 2.80. The van der Waals surface area contributed by atoms with Crippen LogP contribution in [0.1, 0.15) is 23.7 Å². The van der Waals surface area contributed by atoms with Gasteiger partial charge in [0.1, 0.15) is 0 Å². The summed E-state index contributed by atoms with van der Waals surface area (Å²) in [6.07, 6.45) is 0.819. The Hall–Kier alpha value is -0.840. The third-order valence-electron chi connectivity index (χ3n) is 2.29. The van der Waals surface area contributed by atoms with Gasteiger partial charge in [0.25, 0.3) is 5.91 Å². The molecular weight excluding hydrogens is 291 g/mol. The number of halogens is 2. The maximum absolute atomic E-state index is 12.3. The molecule has 3 nitrogen and oxygen atoms in total. The molecule has 1 aromatic carbocycles. The Morgan fingerprint density at radius 3 is 2.61 bits per heavy atom. The summed E-state index contributed by atoms with van der Waals surface area (Å²) >= 11 is 16.6. The van der Waals surface area contributed by atoms with E-state index in [1.807, 2.05) is 6.92 Å². The summed E-state index contributed by atoms with van der Waals surface area (Å²) in [5, 5.41) is 0.824. The zero-order valence-corrected chi connectivity index (χ0v) is 12.3. The molecule has 0 aromatic heterocycles. The smallest absolute Gasteiger partial charge is 0.255 e. The largest absolute Gasteiger partial charge is 0.392 e. The fourth-order valence-electron chi connectivity index (χ4n) is 1.54. The van der Waals surface area contributed by atoms with Crippen LogP contribution in [0.2, 0.25) is 10.0 Å². The van der Waals surface area contributed by atoms with Gasteiger partial charge >= 0.3 is 0 Å². The van der Waals surface area contributed by atoms with Crippen LogP contribution in [0, 0.1) is 0 Å². The van der Waals surface area contributed by atoms with Crippen molar-refractivity contribution >= 4 is 46.3 Å². The van der Waals surface area contributed by atoms with E-state index in [0.717, 1.165) is 6.42 Å². The zero-order chi connectivity index (χ0) is 13.7. The molecule has 0 aliphatic heterocycles. The van der Waals surface area contributed by atoms with Gasteiger partial charge in [-0.2, -0.15) is 0 Å². The number of nitrogens with zero attached hydrogens (tertiary/aromatic N) is 1. The maximum Gasteiger partial charge on any atom is 0.255 e. The van der Waals surface area contributed by atoms with Gasteiger partial charge in [-0.25, -0.2) is 0 Å². The molecule has 1 aromatic rings. The first kappa shape index (κ1) is 15.2. The van der Waals surface area contributed by atoms with E-state index >= 15 is 0 Å². The average Bonchev–Trinajstić information content (AvgIpc) is 2.27. The van der Waals surface area contributed by atoms with Crippen LogP contribution in [0.25, 0.3) is 0 Å². The molecule has 1 amide bonds. The van der Waals surface area contributed by atoms with E-state index in [-0.39, 0.29) is 17.4 Å². The van der Waals surface area contributed by atoms with Crippen molar-refractivity contribution in [3.63, 3.8) is 0 Å². The molecule has 0 radical (unpaired) electrons. The molecule has 0 atom stereocenters. The molecule has 0 saturated heterocycles. The van der Waals surface area contributed by atoms with E-state index < -0.39 is 0 Å². The van der Waals surface area contributed by atoms with Gasteiger partial charge in [-0.1, -0.05) is 42.3 Å². The molecular formula is C12H14Cl2N2OS. The second-order valence-corrected chi connectivity index (χ2v) is 5.19. The molecule has 1 rings (SSSR count). The Morgan fingerprint density at radius 1 is 1.44 bits per heavy atom. The molecule has 98 valence electrons. The van der Waals surface area contributed by atoms with Crippen molar-refractivity contribution < 1.29 is 4.79 Å². The Kier molecular flexibility index (Phi) is 5.85. The van der Waals surface area contributed by atoms with Crippen LogP contribution in [0.3, 0.4) is 0 Å². The molecule has 0 fully saturated rings. The minimum atomic E-state index is -0.189. The summed E-state index contributed by atoms with van der Waals surface area (Å²) in [5.74, 6) is -0.189. The normalized spacial score (nSPS) is 10.2. The van der Waals surface area contributed by atoms with Crippen LogP contribution in [0.5, 0.6) is 0 Å². The van der Waals surface area contributed by atoms with Gasteiger partial charge < -0.3 is 10.6 Å². The van der Waals surface area contributed by atoms with Crippen LogP contribution in [-0.4, -0.2) is 28.9 Å². The van der Waals surface area contributed by atoms with Gasteiger partial charge in [0.05, 0.1) is 22.1 Å². The van der Waals surface area contributed by atoms with Gasteiger partial charge in [-0.05, 0) is 24.6 Å². The molecule has 6 heteroatoms. The lowest BCUT2D eigenvalue weighted by Gasteiger charge is -2.22. The molecule has 18 heavy (non-hydrogen) atoms. The first-order valence-electron chi connectivity index (χ1n) is 5.48. The number of nitrogens with two attached hydrogens (primary N) is 1. The number of hydrogen-bond acceptors (Lipinski definition) is 2. The molecule has 0 heterocycles. The first-order valence-corrected chi connectivity index (χ1v) is 6.64. The lowest BCUT2D eigenvalue weighted by Crippen LogP contribution is -2.38. The number of carbonyl (C=O) groups is 1. The highest BCUT2D eigenvalue weighted by molar-refractivity contribution is 7.80. The van der Waals surface area contributed by atoms with Crippen LogP contribution in [0.4, 0.5) is 0 Å². The Labute approximate surface area is 122 Å². The highest BCUT2D eigenvalue weighted by Gasteiger charge is 2.18. The standard InChI is InChI=1S/C12H14Cl2N2OS/c1-2-5-16(7-11(15)18)12(17)9-4-3-8(13)6-10(9)14/h3-4,6H,2,5,7H2,1H3,(H2,15,18). The minimum Gasteiger partial charge on any atom is -0.392 e. The van der Waals surface area contributed by atoms with Gasteiger partial charge in [-0.3, -0.25) is 4.79 Å². The molecule has 0 spiro atoms. The predicted octanol–water partition coefficient (Wildman–Crippen LogP) is 3.13. The number of amides is 1. The van der Waals surface area contributed by atoms with Crippen molar-refractivity contribution in [2.45, 2.75) is 13.3 Å². The second-order valence-electron chi connectivity index (χ2n) is 3.82. The lowest BCUT2D eigenvalue weighted by molar-refractivity contribution is 0.0780. The summed E-state index contributed by atoms with van der Waals surface area (Å²) in [5.41, 5.74) is 5.89. The number of benzene rings is 1. The van der Waals surface area contributed by atoms with Crippen molar-refractivity contribution in [2.24, 2.45) is 5.73 Å². The topological polar surface area (TPSA) is 46.3 Å². The van der Waals surface area contributed by atoms with Crippen LogP contribution < -0.4 is 5.73 Å². The van der Waals surface area contributed by atoms with E-state index in [1.165, 1.54) is 0 Å². The quantitative estimate of drug-likeness (QED) is 0.850. The highest BCUT2D eigenvalue weighted by atomic mass is 35.5. The summed E-state index contributed by atoms with van der Waals surface area (Å²) in [4.78, 5) is 14.1. The van der Waals surface area contributed by atoms with Crippen LogP contribution in [0.15, 0.2) is 18.2 Å². The third kappa shape index (κ3) is 4.12. The monoisotopic (exact) mass is 304 g/mol. The van der Waals surface area contributed by atoms with Gasteiger partial charge in [0.15, 0.2) is 0 Å². The molecule has 0 unspecified atom stereocenters. The van der Waals surface area contributed by atoms with E-state index in [0.29, 0.717) is 22.2 Å². The van der Waals surface area contributed by atoms with E-state index in [9.17, 15) is 4.79 Å². The van der Waals surface area contributed by atoms with Crippen molar-refractivity contribution in [3.8, 4) is 0 Å². The van der Waals surface area contributed by atoms with E-state index in [4.69, 9.17) is 41.2 Å². The first-order chi connectivity index (χ1) is 8.45.